The number of hydrogen-bond acceptors (Lipinski definition) is 3. The minimum Gasteiger partial charge on any atom is -0.478 e. The molecule has 0 radical (unpaired) electrons. The number of hydrogen-bond donors (Lipinski definition) is 1. The molecule has 0 unspecified atom stereocenters. The third-order valence-electron chi connectivity index (χ3n) is 3.66. The second kappa shape index (κ2) is 7.12. The highest BCUT2D eigenvalue weighted by Crippen LogP contribution is 2.42. The Balaban J connectivity index is 2.05. The third-order valence-corrected chi connectivity index (χ3v) is 5.48. The number of aryl methyl sites for hydroxylation is 1. The number of rotatable bonds is 3. The quantitative estimate of drug-likeness (QED) is 0.752. The van der Waals surface area contributed by atoms with Crippen LogP contribution >= 0.6 is 35.0 Å². The topological polar surface area (TPSA) is 57.6 Å². The van der Waals surface area contributed by atoms with Gasteiger partial charge in [-0.25, -0.2) is 4.79 Å². The number of nitrogens with zero attached hydrogens (tertiary/aromatic N) is 1. The van der Waals surface area contributed by atoms with Gasteiger partial charge < -0.3 is 10.0 Å². The summed E-state index contributed by atoms with van der Waals surface area (Å²) in [6.45, 7) is 2.21. The predicted octanol–water partition coefficient (Wildman–Crippen LogP) is 4.91. The van der Waals surface area contributed by atoms with Crippen LogP contribution in [-0.4, -0.2) is 17.0 Å². The number of fused-ring (bicyclic) bond motifs is 1. The van der Waals surface area contributed by atoms with Crippen LogP contribution in [0.2, 0.25) is 10.0 Å². The molecule has 1 amide bonds. The molecule has 0 atom stereocenters. The van der Waals surface area contributed by atoms with Crippen LogP contribution in [0.4, 0.5) is 5.69 Å². The molecule has 128 valence electrons. The van der Waals surface area contributed by atoms with Crippen molar-refractivity contribution >= 4 is 52.5 Å². The van der Waals surface area contributed by atoms with Gasteiger partial charge in [-0.15, -0.1) is 0 Å². The van der Waals surface area contributed by atoms with Crippen molar-refractivity contribution in [1.82, 2.24) is 0 Å². The summed E-state index contributed by atoms with van der Waals surface area (Å²) in [5, 5.41) is 9.87. The maximum atomic E-state index is 12.8. The summed E-state index contributed by atoms with van der Waals surface area (Å²) in [6, 6.07) is 10.9. The molecular weight excluding hydrogens is 381 g/mol. The fourth-order valence-corrected chi connectivity index (χ4v) is 3.83. The summed E-state index contributed by atoms with van der Waals surface area (Å²) >= 11 is 13.2. The van der Waals surface area contributed by atoms with Crippen molar-refractivity contribution in [2.45, 2.75) is 18.4 Å². The molecule has 1 aliphatic rings. The molecule has 1 N–H and O–H groups in total. The van der Waals surface area contributed by atoms with Crippen LogP contribution in [0, 0.1) is 6.92 Å². The van der Waals surface area contributed by atoms with Crippen LogP contribution in [0.15, 0.2) is 52.3 Å². The molecule has 0 fully saturated rings. The molecule has 0 saturated carbocycles. The van der Waals surface area contributed by atoms with E-state index in [-0.39, 0.29) is 17.4 Å². The normalized spacial score (nSPS) is 15.4. The van der Waals surface area contributed by atoms with Gasteiger partial charge in [0.2, 0.25) is 0 Å². The molecule has 7 heteroatoms. The van der Waals surface area contributed by atoms with Crippen LogP contribution in [0.5, 0.6) is 0 Å². The number of thioether (sulfide) groups is 1. The van der Waals surface area contributed by atoms with Crippen LogP contribution in [-0.2, 0) is 16.1 Å². The maximum Gasteiger partial charge on any atom is 0.329 e. The molecule has 1 aliphatic heterocycles. The Hall–Kier alpha value is -1.95. The van der Waals surface area contributed by atoms with E-state index in [0.717, 1.165) is 39.5 Å². The monoisotopic (exact) mass is 393 g/mol. The van der Waals surface area contributed by atoms with Gasteiger partial charge in [0.15, 0.2) is 0 Å². The lowest BCUT2D eigenvalue weighted by atomic mass is 10.1. The number of anilines is 1. The minimum absolute atomic E-state index is 0.170. The molecule has 2 aromatic rings. The van der Waals surface area contributed by atoms with Gasteiger partial charge in [0.1, 0.15) is 0 Å². The summed E-state index contributed by atoms with van der Waals surface area (Å²) in [7, 11) is 0. The molecule has 3 rings (SSSR count). The van der Waals surface area contributed by atoms with Crippen molar-refractivity contribution in [3.8, 4) is 0 Å². The van der Waals surface area contributed by atoms with E-state index in [9.17, 15) is 9.59 Å². The zero-order chi connectivity index (χ0) is 18.1. The van der Waals surface area contributed by atoms with Crippen molar-refractivity contribution < 1.29 is 14.7 Å². The summed E-state index contributed by atoms with van der Waals surface area (Å²) in [5.74, 6) is -1.50. The van der Waals surface area contributed by atoms with Gasteiger partial charge in [0.25, 0.3) is 5.91 Å². The highest BCUT2D eigenvalue weighted by Gasteiger charge is 2.30. The summed E-state index contributed by atoms with van der Waals surface area (Å²) < 4.78 is 0. The lowest BCUT2D eigenvalue weighted by Crippen LogP contribution is -2.34. The number of carbonyl (C=O) groups is 2. The predicted molar refractivity (Wildman–Crippen MR) is 100 cm³/mol. The summed E-state index contributed by atoms with van der Waals surface area (Å²) in [4.78, 5) is 26.4. The molecule has 0 bridgehead atoms. The van der Waals surface area contributed by atoms with Gasteiger partial charge in [-0.3, -0.25) is 4.79 Å². The zero-order valence-corrected chi connectivity index (χ0v) is 15.5. The van der Waals surface area contributed by atoms with E-state index in [1.165, 1.54) is 0 Å². The standard InChI is InChI=1S/C18H13Cl2NO3S/c1-10-2-5-15-14(6-10)21(18(24)16(25-15)8-17(22)23)9-11-3-4-12(19)13(20)7-11/h2-8H,9H2,1H3,(H,22,23). The van der Waals surface area contributed by atoms with Crippen molar-refractivity contribution in [3.63, 3.8) is 0 Å². The first-order chi connectivity index (χ1) is 11.8. The Labute approximate surface area is 159 Å². The summed E-state index contributed by atoms with van der Waals surface area (Å²) in [5.41, 5.74) is 2.57. The highest BCUT2D eigenvalue weighted by molar-refractivity contribution is 8.04. The highest BCUT2D eigenvalue weighted by atomic mass is 35.5. The molecule has 25 heavy (non-hydrogen) atoms. The van der Waals surface area contributed by atoms with Gasteiger partial charge in [-0.2, -0.15) is 0 Å². The fourth-order valence-electron chi connectivity index (χ4n) is 2.51. The van der Waals surface area contributed by atoms with Crippen molar-refractivity contribution in [2.24, 2.45) is 0 Å². The van der Waals surface area contributed by atoms with Crippen LogP contribution < -0.4 is 4.90 Å². The molecule has 0 saturated heterocycles. The molecular formula is C18H13Cl2NO3S. The number of benzene rings is 2. The van der Waals surface area contributed by atoms with Crippen molar-refractivity contribution in [3.05, 3.63) is 68.6 Å². The van der Waals surface area contributed by atoms with E-state index in [2.05, 4.69) is 0 Å². The van der Waals surface area contributed by atoms with Gasteiger partial charge in [0, 0.05) is 11.0 Å². The largest absolute Gasteiger partial charge is 0.478 e. The Kier molecular flexibility index (Phi) is 5.08. The van der Waals surface area contributed by atoms with E-state index in [0.29, 0.717) is 10.0 Å². The maximum absolute atomic E-state index is 12.8. The number of aliphatic carboxylic acids is 1. The van der Waals surface area contributed by atoms with E-state index < -0.39 is 5.97 Å². The molecule has 0 spiro atoms. The van der Waals surface area contributed by atoms with Crippen LogP contribution in [0.25, 0.3) is 0 Å². The number of carboxylic acids is 1. The zero-order valence-electron chi connectivity index (χ0n) is 13.1. The molecule has 1 heterocycles. The lowest BCUT2D eigenvalue weighted by Gasteiger charge is -2.30. The van der Waals surface area contributed by atoms with E-state index >= 15 is 0 Å². The number of halogens is 2. The van der Waals surface area contributed by atoms with Crippen LogP contribution in [0.3, 0.4) is 0 Å². The van der Waals surface area contributed by atoms with Gasteiger partial charge >= 0.3 is 5.97 Å². The van der Waals surface area contributed by atoms with Gasteiger partial charge in [-0.1, -0.05) is 47.1 Å². The van der Waals surface area contributed by atoms with Crippen molar-refractivity contribution in [2.75, 3.05) is 4.90 Å². The average molecular weight is 394 g/mol. The van der Waals surface area contributed by atoms with E-state index in [4.69, 9.17) is 28.3 Å². The Morgan fingerprint density at radius 1 is 1.20 bits per heavy atom. The second-order valence-electron chi connectivity index (χ2n) is 5.56. The first kappa shape index (κ1) is 17.9. The minimum atomic E-state index is -1.15. The Bertz CT molecular complexity index is 911. The average Bonchev–Trinajstić information content (AvgIpc) is 2.55. The van der Waals surface area contributed by atoms with Gasteiger partial charge in [0.05, 0.1) is 27.2 Å². The third kappa shape index (κ3) is 3.84. The van der Waals surface area contributed by atoms with E-state index in [1.54, 1.807) is 23.1 Å². The van der Waals surface area contributed by atoms with Gasteiger partial charge in [-0.05, 0) is 42.3 Å². The second-order valence-corrected chi connectivity index (χ2v) is 7.46. The lowest BCUT2D eigenvalue weighted by molar-refractivity contribution is -0.131. The Morgan fingerprint density at radius 3 is 2.64 bits per heavy atom. The molecule has 0 aromatic heterocycles. The first-order valence-electron chi connectivity index (χ1n) is 7.34. The first-order valence-corrected chi connectivity index (χ1v) is 8.91. The molecule has 2 aromatic carbocycles. The number of amides is 1. The van der Waals surface area contributed by atoms with Crippen LogP contribution in [0.1, 0.15) is 11.1 Å². The molecule has 0 aliphatic carbocycles. The smallest absolute Gasteiger partial charge is 0.329 e. The number of carbonyl (C=O) groups excluding carboxylic acids is 1. The fraction of sp³-hybridized carbons (Fsp3) is 0.111. The molecule has 4 nitrogen and oxygen atoms in total. The Morgan fingerprint density at radius 2 is 1.96 bits per heavy atom. The summed E-state index contributed by atoms with van der Waals surface area (Å²) in [6.07, 6.45) is 0.942. The van der Waals surface area contributed by atoms with Crippen molar-refractivity contribution in [1.29, 1.82) is 0 Å². The SMILES string of the molecule is Cc1ccc2c(c1)N(Cc1ccc(Cl)c(Cl)c1)C(=O)C(=CC(=O)O)S2. The van der Waals surface area contributed by atoms with E-state index in [1.807, 2.05) is 25.1 Å². The number of carboxylic acid groups (broad SMARTS) is 1.